The molecule has 0 bridgehead atoms. The standard InChI is InChI=1S/C12H18ClN3O/c1-8-5-3-4-6-10(8)15-12(17)11-9(13)7-14-16(11)2/h7-8,10H,3-6H2,1-2H3,(H,15,17)/t8-,10+/m0/s1. The van der Waals surface area contributed by atoms with Gasteiger partial charge in [0.25, 0.3) is 5.91 Å². The van der Waals surface area contributed by atoms with Gasteiger partial charge in [0.15, 0.2) is 0 Å². The molecule has 1 aliphatic rings. The van der Waals surface area contributed by atoms with E-state index in [-0.39, 0.29) is 11.9 Å². The summed E-state index contributed by atoms with van der Waals surface area (Å²) >= 11 is 5.95. The first-order valence-corrected chi connectivity index (χ1v) is 6.45. The van der Waals surface area contributed by atoms with Crippen LogP contribution in [-0.2, 0) is 7.05 Å². The maximum absolute atomic E-state index is 12.1. The molecule has 0 saturated heterocycles. The molecule has 1 aromatic heterocycles. The summed E-state index contributed by atoms with van der Waals surface area (Å²) in [6.07, 6.45) is 6.20. The summed E-state index contributed by atoms with van der Waals surface area (Å²) in [7, 11) is 1.73. The van der Waals surface area contributed by atoms with Gasteiger partial charge in [-0.1, -0.05) is 31.4 Å². The predicted octanol–water partition coefficient (Wildman–Crippen LogP) is 2.38. The smallest absolute Gasteiger partial charge is 0.271 e. The van der Waals surface area contributed by atoms with Crippen molar-refractivity contribution in [2.24, 2.45) is 13.0 Å². The van der Waals surface area contributed by atoms with E-state index in [1.165, 1.54) is 30.1 Å². The molecule has 0 radical (unpaired) electrons. The lowest BCUT2D eigenvalue weighted by Crippen LogP contribution is -2.41. The molecule has 2 atom stereocenters. The second kappa shape index (κ2) is 5.08. The summed E-state index contributed by atoms with van der Waals surface area (Å²) in [6, 6.07) is 0.266. The Morgan fingerprint density at radius 3 is 2.82 bits per heavy atom. The molecule has 0 unspecified atom stereocenters. The minimum absolute atomic E-state index is 0.117. The van der Waals surface area contributed by atoms with Crippen LogP contribution in [0.5, 0.6) is 0 Å². The Balaban J connectivity index is 2.06. The average molecular weight is 256 g/mol. The van der Waals surface area contributed by atoms with E-state index in [9.17, 15) is 4.79 Å². The molecule has 17 heavy (non-hydrogen) atoms. The van der Waals surface area contributed by atoms with Crippen LogP contribution >= 0.6 is 11.6 Å². The topological polar surface area (TPSA) is 46.9 Å². The van der Waals surface area contributed by atoms with Gasteiger partial charge < -0.3 is 5.32 Å². The van der Waals surface area contributed by atoms with Crippen LogP contribution in [0, 0.1) is 5.92 Å². The molecule has 4 nitrogen and oxygen atoms in total. The van der Waals surface area contributed by atoms with Gasteiger partial charge in [0.05, 0.1) is 11.2 Å². The number of nitrogens with zero attached hydrogens (tertiary/aromatic N) is 2. The molecule has 1 N–H and O–H groups in total. The maximum atomic E-state index is 12.1. The lowest BCUT2D eigenvalue weighted by Gasteiger charge is -2.29. The van der Waals surface area contributed by atoms with Crippen molar-refractivity contribution in [3.05, 3.63) is 16.9 Å². The number of halogens is 1. The summed E-state index contributed by atoms with van der Waals surface area (Å²) in [5, 5.41) is 7.45. The molecular weight excluding hydrogens is 238 g/mol. The number of amides is 1. The van der Waals surface area contributed by atoms with Gasteiger partial charge in [-0.3, -0.25) is 9.48 Å². The van der Waals surface area contributed by atoms with E-state index in [4.69, 9.17) is 11.6 Å². The van der Waals surface area contributed by atoms with Crippen molar-refractivity contribution in [3.63, 3.8) is 0 Å². The molecule has 1 heterocycles. The zero-order chi connectivity index (χ0) is 12.4. The Morgan fingerprint density at radius 2 is 2.24 bits per heavy atom. The number of hydrogen-bond donors (Lipinski definition) is 1. The van der Waals surface area contributed by atoms with Crippen LogP contribution in [-0.4, -0.2) is 21.7 Å². The fraction of sp³-hybridized carbons (Fsp3) is 0.667. The van der Waals surface area contributed by atoms with Crippen molar-refractivity contribution in [1.82, 2.24) is 15.1 Å². The number of rotatable bonds is 2. The first-order chi connectivity index (χ1) is 8.09. The number of carbonyl (C=O) groups excluding carboxylic acids is 1. The second-order valence-electron chi connectivity index (χ2n) is 4.81. The number of carbonyl (C=O) groups is 1. The zero-order valence-electron chi connectivity index (χ0n) is 10.2. The summed E-state index contributed by atoms with van der Waals surface area (Å²) in [5.41, 5.74) is 0.449. The summed E-state index contributed by atoms with van der Waals surface area (Å²) in [6.45, 7) is 2.19. The molecule has 1 fully saturated rings. The Kier molecular flexibility index (Phi) is 3.72. The molecule has 1 saturated carbocycles. The highest BCUT2D eigenvalue weighted by atomic mass is 35.5. The highest BCUT2D eigenvalue weighted by molar-refractivity contribution is 6.33. The van der Waals surface area contributed by atoms with Crippen LogP contribution in [0.4, 0.5) is 0 Å². The molecule has 5 heteroatoms. The number of aryl methyl sites for hydroxylation is 1. The monoisotopic (exact) mass is 255 g/mol. The Hall–Kier alpha value is -1.03. The molecule has 0 spiro atoms. The van der Waals surface area contributed by atoms with E-state index in [1.807, 2.05) is 0 Å². The van der Waals surface area contributed by atoms with E-state index in [0.717, 1.165) is 6.42 Å². The van der Waals surface area contributed by atoms with Crippen LogP contribution in [0.15, 0.2) is 6.20 Å². The molecule has 1 amide bonds. The van der Waals surface area contributed by atoms with Crippen LogP contribution in [0.1, 0.15) is 43.1 Å². The number of nitrogens with one attached hydrogen (secondary N) is 1. The fourth-order valence-electron chi connectivity index (χ4n) is 2.43. The normalized spacial score (nSPS) is 24.6. The molecule has 1 aromatic rings. The van der Waals surface area contributed by atoms with Gasteiger partial charge in [0, 0.05) is 13.1 Å². The first kappa shape index (κ1) is 12.4. The summed E-state index contributed by atoms with van der Waals surface area (Å²) < 4.78 is 1.52. The van der Waals surface area contributed by atoms with E-state index in [1.54, 1.807) is 7.05 Å². The molecule has 94 valence electrons. The second-order valence-corrected chi connectivity index (χ2v) is 5.21. The number of aromatic nitrogens is 2. The van der Waals surface area contributed by atoms with Crippen molar-refractivity contribution in [2.45, 2.75) is 38.6 Å². The highest BCUT2D eigenvalue weighted by Crippen LogP contribution is 2.24. The minimum atomic E-state index is -0.117. The van der Waals surface area contributed by atoms with Crippen LogP contribution in [0.25, 0.3) is 0 Å². The first-order valence-electron chi connectivity index (χ1n) is 6.08. The minimum Gasteiger partial charge on any atom is -0.348 e. The van der Waals surface area contributed by atoms with Crippen molar-refractivity contribution in [2.75, 3.05) is 0 Å². The Morgan fingerprint density at radius 1 is 1.53 bits per heavy atom. The lowest BCUT2D eigenvalue weighted by atomic mass is 9.86. The zero-order valence-corrected chi connectivity index (χ0v) is 11.0. The Labute approximate surface area is 106 Å². The van der Waals surface area contributed by atoms with E-state index >= 15 is 0 Å². The van der Waals surface area contributed by atoms with Gasteiger partial charge in [-0.2, -0.15) is 5.10 Å². The van der Waals surface area contributed by atoms with E-state index in [0.29, 0.717) is 16.6 Å². The fourth-order valence-corrected chi connectivity index (χ4v) is 2.69. The SMILES string of the molecule is C[C@H]1CCCC[C@H]1NC(=O)c1c(Cl)cnn1C. The summed E-state index contributed by atoms with van der Waals surface area (Å²) in [4.78, 5) is 12.1. The van der Waals surface area contributed by atoms with Gasteiger partial charge in [0.1, 0.15) is 5.69 Å². The third kappa shape index (κ3) is 2.63. The largest absolute Gasteiger partial charge is 0.348 e. The van der Waals surface area contributed by atoms with E-state index in [2.05, 4.69) is 17.3 Å². The van der Waals surface area contributed by atoms with Gasteiger partial charge in [-0.05, 0) is 18.8 Å². The average Bonchev–Trinajstić information content (AvgIpc) is 2.62. The van der Waals surface area contributed by atoms with Crippen molar-refractivity contribution >= 4 is 17.5 Å². The maximum Gasteiger partial charge on any atom is 0.271 e. The third-order valence-electron chi connectivity index (χ3n) is 3.54. The van der Waals surface area contributed by atoms with Crippen molar-refractivity contribution < 1.29 is 4.79 Å². The lowest BCUT2D eigenvalue weighted by molar-refractivity contribution is 0.0901. The van der Waals surface area contributed by atoms with Gasteiger partial charge in [0.2, 0.25) is 0 Å². The molecule has 0 aromatic carbocycles. The predicted molar refractivity (Wildman–Crippen MR) is 67.1 cm³/mol. The third-order valence-corrected chi connectivity index (χ3v) is 3.81. The highest BCUT2D eigenvalue weighted by Gasteiger charge is 2.25. The Bertz CT molecular complexity index is 396. The van der Waals surface area contributed by atoms with Gasteiger partial charge in [-0.25, -0.2) is 0 Å². The van der Waals surface area contributed by atoms with Gasteiger partial charge in [-0.15, -0.1) is 0 Å². The summed E-state index contributed by atoms with van der Waals surface area (Å²) in [5.74, 6) is 0.424. The van der Waals surface area contributed by atoms with Crippen LogP contribution in [0.3, 0.4) is 0 Å². The molecule has 1 aliphatic carbocycles. The molecule has 0 aliphatic heterocycles. The molecular formula is C12H18ClN3O. The van der Waals surface area contributed by atoms with Crippen LogP contribution in [0.2, 0.25) is 5.02 Å². The van der Waals surface area contributed by atoms with Crippen LogP contribution < -0.4 is 5.32 Å². The molecule has 2 rings (SSSR count). The van der Waals surface area contributed by atoms with E-state index < -0.39 is 0 Å². The van der Waals surface area contributed by atoms with Gasteiger partial charge >= 0.3 is 0 Å². The van der Waals surface area contributed by atoms with Crippen molar-refractivity contribution in [1.29, 1.82) is 0 Å². The number of hydrogen-bond acceptors (Lipinski definition) is 2. The quantitative estimate of drug-likeness (QED) is 0.882. The van der Waals surface area contributed by atoms with Crippen molar-refractivity contribution in [3.8, 4) is 0 Å².